The molecule has 0 saturated carbocycles. The lowest BCUT2D eigenvalue weighted by Gasteiger charge is -2.17. The van der Waals surface area contributed by atoms with Crippen molar-refractivity contribution < 1.29 is 24.2 Å². The number of aliphatic carboxylic acids is 1. The van der Waals surface area contributed by atoms with Gasteiger partial charge in [0.05, 0.1) is 19.3 Å². The molecule has 4 rings (SSSR count). The van der Waals surface area contributed by atoms with Crippen LogP contribution in [0, 0.1) is 0 Å². The lowest BCUT2D eigenvalue weighted by molar-refractivity contribution is -0.139. The van der Waals surface area contributed by atoms with Crippen LogP contribution in [0.4, 0.5) is 5.82 Å². The van der Waals surface area contributed by atoms with Crippen LogP contribution < -0.4 is 20.1 Å². The molecule has 0 saturated heterocycles. The molecule has 3 N–H and O–H groups in total. The summed E-state index contributed by atoms with van der Waals surface area (Å²) in [7, 11) is 1.47. The van der Waals surface area contributed by atoms with E-state index in [1.807, 2.05) is 18.2 Å². The van der Waals surface area contributed by atoms with Crippen molar-refractivity contribution in [2.45, 2.75) is 31.7 Å². The summed E-state index contributed by atoms with van der Waals surface area (Å²) in [5.74, 6) is 0.519. The summed E-state index contributed by atoms with van der Waals surface area (Å²) < 4.78 is 11.0. The predicted molar refractivity (Wildman–Crippen MR) is 130 cm³/mol. The molecule has 3 aromatic rings. The van der Waals surface area contributed by atoms with Gasteiger partial charge in [-0.05, 0) is 42.2 Å². The highest BCUT2D eigenvalue weighted by Crippen LogP contribution is 2.23. The number of amides is 1. The van der Waals surface area contributed by atoms with Gasteiger partial charge in [-0.15, -0.1) is 11.3 Å². The normalized spacial score (nSPS) is 13.3. The number of ether oxygens (including phenoxy) is 2. The Balaban J connectivity index is 1.29. The number of carbonyl (C=O) groups excluding carboxylic acids is 1. The molecule has 34 heavy (non-hydrogen) atoms. The number of fused-ring (bicyclic) bond motifs is 1. The van der Waals surface area contributed by atoms with Crippen molar-refractivity contribution in [2.75, 3.05) is 25.6 Å². The van der Waals surface area contributed by atoms with E-state index in [2.05, 4.69) is 21.7 Å². The number of benzene rings is 1. The topological polar surface area (TPSA) is 110 Å². The van der Waals surface area contributed by atoms with E-state index in [9.17, 15) is 14.7 Å². The summed E-state index contributed by atoms with van der Waals surface area (Å²) >= 11 is 1.32. The Kier molecular flexibility index (Phi) is 7.64. The number of aryl methyl sites for hydroxylation is 1. The maximum absolute atomic E-state index is 12.5. The van der Waals surface area contributed by atoms with Gasteiger partial charge in [0.15, 0.2) is 0 Å². The number of nitrogens with one attached hydrogen (secondary N) is 2. The average Bonchev–Trinajstić information content (AvgIpc) is 3.34. The second-order valence-electron chi connectivity index (χ2n) is 8.01. The molecule has 0 fully saturated rings. The first-order chi connectivity index (χ1) is 16.5. The summed E-state index contributed by atoms with van der Waals surface area (Å²) in [5, 5.41) is 18.8. The van der Waals surface area contributed by atoms with E-state index in [0.29, 0.717) is 30.1 Å². The molecule has 8 nitrogen and oxygen atoms in total. The summed E-state index contributed by atoms with van der Waals surface area (Å²) in [5.41, 5.74) is 3.34. The van der Waals surface area contributed by atoms with Gasteiger partial charge in [0.2, 0.25) is 0 Å². The second-order valence-corrected chi connectivity index (χ2v) is 8.75. The Morgan fingerprint density at radius 1 is 1.21 bits per heavy atom. The maximum Gasteiger partial charge on any atom is 0.326 e. The zero-order valence-electron chi connectivity index (χ0n) is 18.9. The fraction of sp³-hybridized carbons (Fsp3) is 0.320. The van der Waals surface area contributed by atoms with Gasteiger partial charge in [-0.3, -0.25) is 4.79 Å². The number of methoxy groups -OCH3 is 1. The molecule has 1 aromatic carbocycles. The molecule has 1 aliphatic rings. The number of pyridine rings is 1. The molecule has 0 aliphatic carbocycles. The smallest absolute Gasteiger partial charge is 0.326 e. The molecule has 178 valence electrons. The lowest BCUT2D eigenvalue weighted by atomic mass is 10.1. The number of nitrogens with zero attached hydrogens (tertiary/aromatic N) is 1. The Morgan fingerprint density at radius 3 is 2.79 bits per heavy atom. The van der Waals surface area contributed by atoms with Crippen LogP contribution in [0.3, 0.4) is 0 Å². The standard InChI is InChI=1S/C25H27N3O5S/c1-32-22-15-34-14-20(22)24(29)28-21(25(30)31)13-16-4-8-19(9-5-16)33-12-10-18-7-6-17-3-2-11-26-23(17)27-18/h4-9,14-15,21H,2-3,10-13H2,1H3,(H,26,27)(H,28,29)(H,30,31)/t21-/m0/s1. The fourth-order valence-electron chi connectivity index (χ4n) is 3.78. The third-order valence-corrected chi connectivity index (χ3v) is 6.36. The van der Waals surface area contributed by atoms with E-state index in [1.54, 1.807) is 22.9 Å². The largest absolute Gasteiger partial charge is 0.495 e. The Bertz CT molecular complexity index is 1150. The summed E-state index contributed by atoms with van der Waals surface area (Å²) in [4.78, 5) is 28.9. The molecular weight excluding hydrogens is 454 g/mol. The van der Waals surface area contributed by atoms with Gasteiger partial charge in [0.1, 0.15) is 23.4 Å². The van der Waals surface area contributed by atoms with E-state index in [4.69, 9.17) is 9.47 Å². The first-order valence-electron chi connectivity index (χ1n) is 11.1. The number of carboxylic acid groups (broad SMARTS) is 1. The van der Waals surface area contributed by atoms with Crippen molar-refractivity contribution in [2.24, 2.45) is 0 Å². The molecule has 1 atom stereocenters. The third-order valence-electron chi connectivity index (χ3n) is 5.64. The number of rotatable bonds is 10. The molecule has 0 radical (unpaired) electrons. The quantitative estimate of drug-likeness (QED) is 0.406. The van der Waals surface area contributed by atoms with Crippen LogP contribution in [0.15, 0.2) is 47.2 Å². The predicted octanol–water partition coefficient (Wildman–Crippen LogP) is 3.56. The minimum Gasteiger partial charge on any atom is -0.495 e. The van der Waals surface area contributed by atoms with Gasteiger partial charge in [-0.25, -0.2) is 9.78 Å². The van der Waals surface area contributed by atoms with Gasteiger partial charge >= 0.3 is 5.97 Å². The SMILES string of the molecule is COc1cscc1C(=O)N[C@@H](Cc1ccc(OCCc2ccc3c(n2)NCCC3)cc1)C(=O)O. The number of carboxylic acids is 1. The van der Waals surface area contributed by atoms with Crippen LogP contribution in [0.2, 0.25) is 0 Å². The van der Waals surface area contributed by atoms with Gasteiger partial charge in [0, 0.05) is 35.8 Å². The Labute approximate surface area is 201 Å². The van der Waals surface area contributed by atoms with E-state index in [1.165, 1.54) is 24.0 Å². The Morgan fingerprint density at radius 2 is 2.03 bits per heavy atom. The number of hydrogen-bond donors (Lipinski definition) is 3. The van der Waals surface area contributed by atoms with Crippen molar-refractivity contribution >= 4 is 29.0 Å². The van der Waals surface area contributed by atoms with Crippen LogP contribution in [0.5, 0.6) is 11.5 Å². The first kappa shape index (κ1) is 23.6. The monoisotopic (exact) mass is 481 g/mol. The van der Waals surface area contributed by atoms with Crippen LogP contribution in [0.1, 0.15) is 33.6 Å². The van der Waals surface area contributed by atoms with Crippen molar-refractivity contribution in [3.8, 4) is 11.5 Å². The molecular formula is C25H27N3O5S. The average molecular weight is 482 g/mol. The zero-order valence-corrected chi connectivity index (χ0v) is 19.7. The van der Waals surface area contributed by atoms with E-state index < -0.39 is 17.9 Å². The summed E-state index contributed by atoms with van der Waals surface area (Å²) in [6.45, 7) is 1.45. The van der Waals surface area contributed by atoms with E-state index in [-0.39, 0.29) is 6.42 Å². The molecule has 3 heterocycles. The van der Waals surface area contributed by atoms with Crippen molar-refractivity contribution in [3.05, 3.63) is 69.5 Å². The van der Waals surface area contributed by atoms with Gasteiger partial charge < -0.3 is 25.2 Å². The number of aromatic nitrogens is 1. The van der Waals surface area contributed by atoms with Crippen molar-refractivity contribution in [1.82, 2.24) is 10.3 Å². The first-order valence-corrected chi connectivity index (χ1v) is 12.1. The molecule has 0 bridgehead atoms. The molecule has 1 aliphatic heterocycles. The molecule has 9 heteroatoms. The molecule has 1 amide bonds. The van der Waals surface area contributed by atoms with Gasteiger partial charge in [-0.2, -0.15) is 0 Å². The second kappa shape index (κ2) is 11.0. The Hall–Kier alpha value is -3.59. The van der Waals surface area contributed by atoms with Gasteiger partial charge in [-0.1, -0.05) is 18.2 Å². The van der Waals surface area contributed by atoms with Crippen molar-refractivity contribution in [3.63, 3.8) is 0 Å². The number of carbonyl (C=O) groups is 2. The molecule has 2 aromatic heterocycles. The minimum absolute atomic E-state index is 0.153. The lowest BCUT2D eigenvalue weighted by Crippen LogP contribution is -2.42. The van der Waals surface area contributed by atoms with Crippen molar-refractivity contribution in [1.29, 1.82) is 0 Å². The summed E-state index contributed by atoms with van der Waals surface area (Å²) in [6.07, 6.45) is 3.04. The minimum atomic E-state index is -1.10. The van der Waals surface area contributed by atoms with E-state index >= 15 is 0 Å². The fourth-order valence-corrected chi connectivity index (χ4v) is 4.56. The van der Waals surface area contributed by atoms with Crippen LogP contribution in [-0.4, -0.2) is 48.3 Å². The zero-order chi connectivity index (χ0) is 23.9. The highest BCUT2D eigenvalue weighted by molar-refractivity contribution is 7.08. The number of hydrogen-bond acceptors (Lipinski definition) is 7. The number of thiophene rings is 1. The number of anilines is 1. The van der Waals surface area contributed by atoms with Crippen LogP contribution in [0.25, 0.3) is 0 Å². The van der Waals surface area contributed by atoms with E-state index in [0.717, 1.165) is 36.5 Å². The van der Waals surface area contributed by atoms with Crippen LogP contribution in [-0.2, 0) is 24.1 Å². The third kappa shape index (κ3) is 5.85. The highest BCUT2D eigenvalue weighted by Gasteiger charge is 2.23. The molecule has 0 unspecified atom stereocenters. The highest BCUT2D eigenvalue weighted by atomic mass is 32.1. The van der Waals surface area contributed by atoms with Gasteiger partial charge in [0.25, 0.3) is 5.91 Å². The van der Waals surface area contributed by atoms with Crippen LogP contribution >= 0.6 is 11.3 Å². The maximum atomic E-state index is 12.5. The molecule has 0 spiro atoms. The summed E-state index contributed by atoms with van der Waals surface area (Å²) in [6, 6.07) is 10.3.